The molecule has 1 aromatic heterocycles. The van der Waals surface area contributed by atoms with E-state index in [2.05, 4.69) is 22.7 Å². The Morgan fingerprint density at radius 2 is 2.21 bits per heavy atom. The minimum absolute atomic E-state index is 0.582. The highest BCUT2D eigenvalue weighted by Gasteiger charge is 2.13. The minimum Gasteiger partial charge on any atom is -0.327 e. The number of hydrogen-bond acceptors (Lipinski definition) is 2. The fourth-order valence-corrected chi connectivity index (χ4v) is 2.92. The molecule has 0 saturated heterocycles. The SMILES string of the molecule is CSC(C)CCn1c(CCCl)nc2cccc(Cl)c21. The summed E-state index contributed by atoms with van der Waals surface area (Å²) in [5, 5.41) is 1.39. The summed E-state index contributed by atoms with van der Waals surface area (Å²) in [6.45, 7) is 3.18. The van der Waals surface area contributed by atoms with Gasteiger partial charge >= 0.3 is 0 Å². The number of rotatable bonds is 6. The molecule has 0 N–H and O–H groups in total. The van der Waals surface area contributed by atoms with Gasteiger partial charge in [-0.15, -0.1) is 11.6 Å². The van der Waals surface area contributed by atoms with Gasteiger partial charge in [0.2, 0.25) is 0 Å². The first kappa shape index (κ1) is 15.0. The topological polar surface area (TPSA) is 17.8 Å². The van der Waals surface area contributed by atoms with E-state index in [1.165, 1.54) is 0 Å². The van der Waals surface area contributed by atoms with Crippen molar-refractivity contribution in [3.63, 3.8) is 0 Å². The first-order valence-electron chi connectivity index (χ1n) is 6.39. The van der Waals surface area contributed by atoms with Gasteiger partial charge in [-0.1, -0.05) is 24.6 Å². The zero-order valence-corrected chi connectivity index (χ0v) is 13.5. The molecule has 5 heteroatoms. The van der Waals surface area contributed by atoms with Gasteiger partial charge in [-0.25, -0.2) is 4.98 Å². The Morgan fingerprint density at radius 3 is 2.89 bits per heavy atom. The van der Waals surface area contributed by atoms with Gasteiger partial charge < -0.3 is 4.57 Å². The van der Waals surface area contributed by atoms with Gasteiger partial charge in [0.15, 0.2) is 0 Å². The van der Waals surface area contributed by atoms with E-state index in [1.54, 1.807) is 0 Å². The second kappa shape index (κ2) is 6.87. The summed E-state index contributed by atoms with van der Waals surface area (Å²) in [5.41, 5.74) is 2.00. The van der Waals surface area contributed by atoms with Crippen LogP contribution in [-0.4, -0.2) is 26.9 Å². The number of nitrogens with zero attached hydrogens (tertiary/aromatic N) is 2. The van der Waals surface area contributed by atoms with E-state index in [0.29, 0.717) is 11.1 Å². The highest BCUT2D eigenvalue weighted by atomic mass is 35.5. The largest absolute Gasteiger partial charge is 0.327 e. The number of aromatic nitrogens is 2. The average molecular weight is 317 g/mol. The number of imidazole rings is 1. The van der Waals surface area contributed by atoms with Crippen molar-refractivity contribution in [1.82, 2.24) is 9.55 Å². The molecule has 0 amide bonds. The molecule has 0 spiro atoms. The number of halogens is 2. The van der Waals surface area contributed by atoms with Crippen LogP contribution < -0.4 is 0 Å². The van der Waals surface area contributed by atoms with E-state index in [4.69, 9.17) is 23.2 Å². The molecular weight excluding hydrogens is 299 g/mol. The van der Waals surface area contributed by atoms with Gasteiger partial charge in [-0.3, -0.25) is 0 Å². The van der Waals surface area contributed by atoms with Crippen LogP contribution in [0.15, 0.2) is 18.2 Å². The predicted octanol–water partition coefficient (Wildman–Crippen LogP) is 4.61. The summed E-state index contributed by atoms with van der Waals surface area (Å²) in [4.78, 5) is 4.65. The third kappa shape index (κ3) is 3.39. The average Bonchev–Trinajstić information content (AvgIpc) is 2.75. The Hall–Kier alpha value is -0.380. The van der Waals surface area contributed by atoms with E-state index in [0.717, 1.165) is 41.3 Å². The molecule has 0 fully saturated rings. The van der Waals surface area contributed by atoms with Gasteiger partial charge in [-0.2, -0.15) is 11.8 Å². The molecule has 1 aromatic carbocycles. The van der Waals surface area contributed by atoms with Crippen LogP contribution in [0.25, 0.3) is 11.0 Å². The fourth-order valence-electron chi connectivity index (χ4n) is 2.13. The van der Waals surface area contributed by atoms with E-state index in [1.807, 2.05) is 30.0 Å². The van der Waals surface area contributed by atoms with Crippen LogP contribution in [0.5, 0.6) is 0 Å². The Labute approximate surface area is 128 Å². The van der Waals surface area contributed by atoms with Crippen molar-refractivity contribution in [2.24, 2.45) is 0 Å². The van der Waals surface area contributed by atoms with Crippen LogP contribution in [0.4, 0.5) is 0 Å². The lowest BCUT2D eigenvalue weighted by Gasteiger charge is -2.12. The molecule has 0 saturated carbocycles. The summed E-state index contributed by atoms with van der Waals surface area (Å²) < 4.78 is 2.23. The summed E-state index contributed by atoms with van der Waals surface area (Å²) in [6, 6.07) is 5.87. The van der Waals surface area contributed by atoms with Crippen LogP contribution in [0, 0.1) is 0 Å². The highest BCUT2D eigenvalue weighted by Crippen LogP contribution is 2.26. The number of benzene rings is 1. The zero-order valence-electron chi connectivity index (χ0n) is 11.2. The van der Waals surface area contributed by atoms with Crippen molar-refractivity contribution in [3.05, 3.63) is 29.0 Å². The number of hydrogen-bond donors (Lipinski definition) is 0. The maximum absolute atomic E-state index is 6.33. The Balaban J connectivity index is 2.39. The van der Waals surface area contributed by atoms with Crippen molar-refractivity contribution < 1.29 is 0 Å². The van der Waals surface area contributed by atoms with Crippen molar-refractivity contribution in [2.45, 2.75) is 31.6 Å². The first-order valence-corrected chi connectivity index (χ1v) is 8.59. The standard InChI is InChI=1S/C14H18Cl2N2S/c1-10(19-2)7-9-18-13(6-8-15)17-12-5-3-4-11(16)14(12)18/h3-5,10H,6-9H2,1-2H3. The number of fused-ring (bicyclic) bond motifs is 1. The molecule has 1 unspecified atom stereocenters. The molecule has 1 heterocycles. The second-order valence-electron chi connectivity index (χ2n) is 4.56. The molecule has 0 bridgehead atoms. The lowest BCUT2D eigenvalue weighted by atomic mass is 10.3. The van der Waals surface area contributed by atoms with Crippen LogP contribution >= 0.6 is 35.0 Å². The third-order valence-corrected chi connectivity index (χ3v) is 4.81. The zero-order chi connectivity index (χ0) is 13.8. The number of aryl methyl sites for hydroxylation is 2. The first-order chi connectivity index (χ1) is 9.17. The van der Waals surface area contributed by atoms with Gasteiger partial charge in [0, 0.05) is 24.1 Å². The smallest absolute Gasteiger partial charge is 0.111 e. The van der Waals surface area contributed by atoms with Crippen molar-refractivity contribution in [1.29, 1.82) is 0 Å². The normalized spacial score (nSPS) is 13.1. The van der Waals surface area contributed by atoms with Crippen molar-refractivity contribution in [3.8, 4) is 0 Å². The van der Waals surface area contributed by atoms with Crippen LogP contribution in [0.3, 0.4) is 0 Å². The number of para-hydroxylation sites is 1. The quantitative estimate of drug-likeness (QED) is 0.724. The van der Waals surface area contributed by atoms with E-state index >= 15 is 0 Å². The lowest BCUT2D eigenvalue weighted by Crippen LogP contribution is -2.09. The highest BCUT2D eigenvalue weighted by molar-refractivity contribution is 7.99. The molecule has 0 radical (unpaired) electrons. The number of thioether (sulfide) groups is 1. The van der Waals surface area contributed by atoms with E-state index in [-0.39, 0.29) is 0 Å². The monoisotopic (exact) mass is 316 g/mol. The van der Waals surface area contributed by atoms with Crippen molar-refractivity contribution >= 4 is 46.0 Å². The summed E-state index contributed by atoms with van der Waals surface area (Å²) in [6.07, 6.45) is 4.02. The predicted molar refractivity (Wildman–Crippen MR) is 86.8 cm³/mol. The molecule has 1 atom stereocenters. The van der Waals surface area contributed by atoms with E-state index in [9.17, 15) is 0 Å². The second-order valence-corrected chi connectivity index (χ2v) is 6.62. The fraction of sp³-hybridized carbons (Fsp3) is 0.500. The van der Waals surface area contributed by atoms with Gasteiger partial charge in [0.1, 0.15) is 5.82 Å². The Kier molecular flexibility index (Phi) is 5.43. The van der Waals surface area contributed by atoms with Crippen LogP contribution in [0.2, 0.25) is 5.02 Å². The molecule has 2 nitrogen and oxygen atoms in total. The summed E-state index contributed by atoms with van der Waals surface area (Å²) in [5.74, 6) is 1.62. The van der Waals surface area contributed by atoms with Crippen LogP contribution in [0.1, 0.15) is 19.2 Å². The maximum atomic E-state index is 6.33. The van der Waals surface area contributed by atoms with Gasteiger partial charge in [0.25, 0.3) is 0 Å². The van der Waals surface area contributed by atoms with E-state index < -0.39 is 0 Å². The minimum atomic E-state index is 0.582. The molecule has 104 valence electrons. The van der Waals surface area contributed by atoms with Gasteiger partial charge in [-0.05, 0) is 24.8 Å². The van der Waals surface area contributed by atoms with Gasteiger partial charge in [0.05, 0.1) is 16.1 Å². The molecule has 0 aliphatic carbocycles. The summed E-state index contributed by atoms with van der Waals surface area (Å²) in [7, 11) is 0. The molecular formula is C14H18Cl2N2S. The number of alkyl halides is 1. The Bertz CT molecular complexity index is 554. The third-order valence-electron chi connectivity index (χ3n) is 3.28. The molecule has 19 heavy (non-hydrogen) atoms. The molecule has 2 aromatic rings. The summed E-state index contributed by atoms with van der Waals surface area (Å²) >= 11 is 14.1. The molecule has 2 rings (SSSR count). The lowest BCUT2D eigenvalue weighted by molar-refractivity contribution is 0.628. The van der Waals surface area contributed by atoms with Crippen molar-refractivity contribution in [2.75, 3.05) is 12.1 Å². The molecule has 0 aliphatic heterocycles. The maximum Gasteiger partial charge on any atom is 0.111 e. The molecule has 0 aliphatic rings. The Morgan fingerprint density at radius 1 is 1.42 bits per heavy atom. The van der Waals surface area contributed by atoms with Crippen LogP contribution in [-0.2, 0) is 13.0 Å².